The summed E-state index contributed by atoms with van der Waals surface area (Å²) in [5.41, 5.74) is 0. The van der Waals surface area contributed by atoms with E-state index in [1.165, 1.54) is 0 Å². The molecule has 0 atom stereocenters. The lowest BCUT2D eigenvalue weighted by Crippen LogP contribution is -2.45. The van der Waals surface area contributed by atoms with Gasteiger partial charge in [-0.2, -0.15) is 0 Å². The summed E-state index contributed by atoms with van der Waals surface area (Å²) in [4.78, 5) is 15.7. The number of amides is 2. The Morgan fingerprint density at radius 3 is 2.50 bits per heavy atom. The predicted octanol–water partition coefficient (Wildman–Crippen LogP) is 0.368. The SMILES string of the molecule is COCCN(CCN(C)C)C(=O)NC1CC1. The molecule has 0 aromatic heterocycles. The molecule has 1 fully saturated rings. The summed E-state index contributed by atoms with van der Waals surface area (Å²) >= 11 is 0. The quantitative estimate of drug-likeness (QED) is 0.686. The Labute approximate surface area is 97.7 Å². The maximum Gasteiger partial charge on any atom is 0.317 e. The first-order valence-electron chi connectivity index (χ1n) is 5.82. The number of likely N-dealkylation sites (N-methyl/N-ethyl adjacent to an activating group) is 1. The Kier molecular flexibility index (Phi) is 5.55. The van der Waals surface area contributed by atoms with Gasteiger partial charge >= 0.3 is 6.03 Å². The second-order valence-electron chi connectivity index (χ2n) is 4.51. The van der Waals surface area contributed by atoms with Crippen molar-refractivity contribution in [2.24, 2.45) is 0 Å². The van der Waals surface area contributed by atoms with Gasteiger partial charge in [0.2, 0.25) is 0 Å². The smallest absolute Gasteiger partial charge is 0.317 e. The third kappa shape index (κ3) is 5.32. The average molecular weight is 229 g/mol. The van der Waals surface area contributed by atoms with Crippen LogP contribution < -0.4 is 5.32 Å². The summed E-state index contributed by atoms with van der Waals surface area (Å²) in [6.07, 6.45) is 2.25. The van der Waals surface area contributed by atoms with E-state index in [-0.39, 0.29) is 6.03 Å². The van der Waals surface area contributed by atoms with Gasteiger partial charge < -0.3 is 19.9 Å². The highest BCUT2D eigenvalue weighted by atomic mass is 16.5. The molecule has 1 aliphatic rings. The molecule has 0 aliphatic heterocycles. The van der Waals surface area contributed by atoms with Crippen molar-refractivity contribution in [3.63, 3.8) is 0 Å². The van der Waals surface area contributed by atoms with Gasteiger partial charge in [-0.1, -0.05) is 0 Å². The number of methoxy groups -OCH3 is 1. The zero-order valence-electron chi connectivity index (χ0n) is 10.5. The van der Waals surface area contributed by atoms with Crippen LogP contribution in [0.2, 0.25) is 0 Å². The molecule has 0 saturated heterocycles. The van der Waals surface area contributed by atoms with Gasteiger partial charge in [-0.15, -0.1) is 0 Å². The van der Waals surface area contributed by atoms with Crippen LogP contribution in [0.1, 0.15) is 12.8 Å². The van der Waals surface area contributed by atoms with Crippen LogP contribution >= 0.6 is 0 Å². The van der Waals surface area contributed by atoms with Crippen LogP contribution in [0.25, 0.3) is 0 Å². The molecule has 1 N–H and O–H groups in total. The van der Waals surface area contributed by atoms with Gasteiger partial charge in [0.05, 0.1) is 6.61 Å². The second kappa shape index (κ2) is 6.70. The zero-order chi connectivity index (χ0) is 12.0. The molecule has 0 heterocycles. The molecule has 0 spiro atoms. The Hall–Kier alpha value is -0.810. The summed E-state index contributed by atoms with van der Waals surface area (Å²) in [5, 5.41) is 3.00. The molecule has 1 aliphatic carbocycles. The Morgan fingerprint density at radius 1 is 1.31 bits per heavy atom. The molecule has 5 heteroatoms. The van der Waals surface area contributed by atoms with Crippen molar-refractivity contribution in [3.8, 4) is 0 Å². The molecule has 2 amide bonds. The third-order valence-electron chi connectivity index (χ3n) is 2.57. The maximum absolute atomic E-state index is 11.9. The Balaban J connectivity index is 2.30. The lowest BCUT2D eigenvalue weighted by molar-refractivity contribution is 0.145. The normalized spacial score (nSPS) is 15.2. The fourth-order valence-electron chi connectivity index (χ4n) is 1.33. The van der Waals surface area contributed by atoms with Gasteiger partial charge in [-0.05, 0) is 26.9 Å². The number of carbonyl (C=O) groups is 1. The lowest BCUT2D eigenvalue weighted by atomic mass is 10.4. The Morgan fingerprint density at radius 2 is 2.00 bits per heavy atom. The number of ether oxygens (including phenoxy) is 1. The van der Waals surface area contributed by atoms with Crippen molar-refractivity contribution in [2.45, 2.75) is 18.9 Å². The summed E-state index contributed by atoms with van der Waals surface area (Å²) in [5.74, 6) is 0. The summed E-state index contributed by atoms with van der Waals surface area (Å²) < 4.78 is 5.01. The molecule has 0 aromatic carbocycles. The van der Waals surface area contributed by atoms with E-state index >= 15 is 0 Å². The molecular formula is C11H23N3O2. The van der Waals surface area contributed by atoms with Crippen molar-refractivity contribution in [3.05, 3.63) is 0 Å². The highest BCUT2D eigenvalue weighted by molar-refractivity contribution is 5.74. The first kappa shape index (κ1) is 13.3. The standard InChI is InChI=1S/C11H23N3O2/c1-13(2)6-7-14(8-9-16-3)11(15)12-10-4-5-10/h10H,4-9H2,1-3H3,(H,12,15). The van der Waals surface area contributed by atoms with E-state index in [1.54, 1.807) is 7.11 Å². The fraction of sp³-hybridized carbons (Fsp3) is 0.909. The topological polar surface area (TPSA) is 44.8 Å². The number of urea groups is 1. The number of nitrogens with zero attached hydrogens (tertiary/aromatic N) is 2. The first-order valence-corrected chi connectivity index (χ1v) is 5.82. The zero-order valence-corrected chi connectivity index (χ0v) is 10.5. The molecule has 1 rings (SSSR count). The minimum atomic E-state index is 0.0430. The summed E-state index contributed by atoms with van der Waals surface area (Å²) in [6.45, 7) is 2.87. The van der Waals surface area contributed by atoms with Crippen LogP contribution in [0.4, 0.5) is 4.79 Å². The van der Waals surface area contributed by atoms with Gasteiger partial charge in [0.1, 0.15) is 0 Å². The number of nitrogens with one attached hydrogen (secondary N) is 1. The minimum absolute atomic E-state index is 0.0430. The highest BCUT2D eigenvalue weighted by Crippen LogP contribution is 2.18. The molecule has 5 nitrogen and oxygen atoms in total. The predicted molar refractivity (Wildman–Crippen MR) is 63.6 cm³/mol. The van der Waals surface area contributed by atoms with Crippen molar-refractivity contribution in [1.82, 2.24) is 15.1 Å². The van der Waals surface area contributed by atoms with Gasteiger partial charge in [0.15, 0.2) is 0 Å². The number of hydrogen-bond donors (Lipinski definition) is 1. The van der Waals surface area contributed by atoms with Gasteiger partial charge in [0, 0.05) is 32.8 Å². The number of rotatable bonds is 7. The van der Waals surface area contributed by atoms with E-state index in [0.717, 1.165) is 25.9 Å². The van der Waals surface area contributed by atoms with E-state index < -0.39 is 0 Å². The van der Waals surface area contributed by atoms with E-state index in [1.807, 2.05) is 19.0 Å². The molecule has 0 radical (unpaired) electrons. The monoisotopic (exact) mass is 229 g/mol. The molecule has 0 aromatic rings. The molecular weight excluding hydrogens is 206 g/mol. The van der Waals surface area contributed by atoms with Crippen LogP contribution in [-0.2, 0) is 4.74 Å². The minimum Gasteiger partial charge on any atom is -0.383 e. The van der Waals surface area contributed by atoms with Crippen molar-refractivity contribution in [2.75, 3.05) is 47.4 Å². The molecule has 0 unspecified atom stereocenters. The first-order chi connectivity index (χ1) is 7.63. The Bertz CT molecular complexity index is 217. The average Bonchev–Trinajstić information content (AvgIpc) is 3.01. The van der Waals surface area contributed by atoms with Gasteiger partial charge in [-0.25, -0.2) is 4.79 Å². The summed E-state index contributed by atoms with van der Waals surface area (Å²) in [7, 11) is 5.67. The van der Waals surface area contributed by atoms with E-state index in [2.05, 4.69) is 10.2 Å². The van der Waals surface area contributed by atoms with Crippen LogP contribution in [0.3, 0.4) is 0 Å². The second-order valence-corrected chi connectivity index (χ2v) is 4.51. The highest BCUT2D eigenvalue weighted by Gasteiger charge is 2.25. The fourth-order valence-corrected chi connectivity index (χ4v) is 1.33. The van der Waals surface area contributed by atoms with Crippen LogP contribution in [-0.4, -0.2) is 69.3 Å². The number of carbonyl (C=O) groups excluding carboxylic acids is 1. The molecule has 0 bridgehead atoms. The van der Waals surface area contributed by atoms with E-state index in [9.17, 15) is 4.79 Å². The molecule has 1 saturated carbocycles. The van der Waals surface area contributed by atoms with Crippen molar-refractivity contribution in [1.29, 1.82) is 0 Å². The van der Waals surface area contributed by atoms with Crippen LogP contribution in [0, 0.1) is 0 Å². The summed E-state index contributed by atoms with van der Waals surface area (Å²) in [6, 6.07) is 0.457. The largest absolute Gasteiger partial charge is 0.383 e. The van der Waals surface area contributed by atoms with Gasteiger partial charge in [0.25, 0.3) is 0 Å². The molecule has 16 heavy (non-hydrogen) atoms. The lowest BCUT2D eigenvalue weighted by Gasteiger charge is -2.24. The molecule has 94 valence electrons. The maximum atomic E-state index is 11.9. The van der Waals surface area contributed by atoms with Crippen molar-refractivity contribution < 1.29 is 9.53 Å². The van der Waals surface area contributed by atoms with Crippen LogP contribution in [0.5, 0.6) is 0 Å². The van der Waals surface area contributed by atoms with E-state index in [0.29, 0.717) is 19.2 Å². The van der Waals surface area contributed by atoms with E-state index in [4.69, 9.17) is 4.74 Å². The van der Waals surface area contributed by atoms with Gasteiger partial charge in [-0.3, -0.25) is 0 Å². The van der Waals surface area contributed by atoms with Crippen LogP contribution in [0.15, 0.2) is 0 Å². The number of hydrogen-bond acceptors (Lipinski definition) is 3. The van der Waals surface area contributed by atoms with Crippen molar-refractivity contribution >= 4 is 6.03 Å². The third-order valence-corrected chi connectivity index (χ3v) is 2.57.